The first-order valence-corrected chi connectivity index (χ1v) is 7.12. The van der Waals surface area contributed by atoms with E-state index in [1.807, 2.05) is 0 Å². The Kier molecular flexibility index (Phi) is 3.15. The van der Waals surface area contributed by atoms with Crippen molar-refractivity contribution in [2.45, 2.75) is 13.3 Å². The number of nitrogens with zero attached hydrogens (tertiary/aromatic N) is 1. The molecule has 0 unspecified atom stereocenters. The summed E-state index contributed by atoms with van der Waals surface area (Å²) in [6.45, 7) is 4.11. The van der Waals surface area contributed by atoms with Crippen LogP contribution in [0.2, 0.25) is 0 Å². The Morgan fingerprint density at radius 2 is 2.22 bits per heavy atom. The van der Waals surface area contributed by atoms with Gasteiger partial charge in [0.2, 0.25) is 0 Å². The van der Waals surface area contributed by atoms with E-state index in [9.17, 15) is 0 Å². The van der Waals surface area contributed by atoms with Gasteiger partial charge < -0.3 is 5.32 Å². The molecule has 0 radical (unpaired) electrons. The summed E-state index contributed by atoms with van der Waals surface area (Å²) in [5.74, 6) is 1.13. The highest BCUT2D eigenvalue weighted by molar-refractivity contribution is 7.13. The molecule has 1 aromatic carbocycles. The lowest BCUT2D eigenvalue weighted by Crippen LogP contribution is -2.20. The van der Waals surface area contributed by atoms with Crippen LogP contribution in [-0.4, -0.2) is 18.9 Å². The van der Waals surface area contributed by atoms with Crippen molar-refractivity contribution in [1.82, 2.24) is 5.32 Å². The van der Waals surface area contributed by atoms with Crippen LogP contribution >= 0.6 is 11.3 Å². The van der Waals surface area contributed by atoms with E-state index in [0.29, 0.717) is 0 Å². The molecule has 2 heterocycles. The van der Waals surface area contributed by atoms with Crippen LogP contribution in [0.5, 0.6) is 0 Å². The normalized spacial score (nSPS) is 14.4. The molecule has 2 aromatic rings. The minimum Gasteiger partial charge on any atom is -0.372 e. The fourth-order valence-corrected chi connectivity index (χ4v) is 3.13. The molecule has 1 aliphatic rings. The molecule has 1 aliphatic heterocycles. The van der Waals surface area contributed by atoms with Crippen molar-refractivity contribution in [2.75, 3.05) is 13.1 Å². The molecule has 0 amide bonds. The van der Waals surface area contributed by atoms with E-state index in [1.54, 1.807) is 11.3 Å². The Bertz CT molecular complexity index is 570. The number of amidine groups is 1. The van der Waals surface area contributed by atoms with Gasteiger partial charge in [0.05, 0.1) is 6.54 Å². The minimum absolute atomic E-state index is 0.916. The molecule has 0 spiro atoms. The van der Waals surface area contributed by atoms with Crippen LogP contribution in [0.15, 0.2) is 40.7 Å². The number of aliphatic imine (C=N–C) groups is 1. The summed E-state index contributed by atoms with van der Waals surface area (Å²) >= 11 is 1.80. The monoisotopic (exact) mass is 256 g/mol. The molecule has 2 nitrogen and oxygen atoms in total. The third-order valence-electron chi connectivity index (χ3n) is 3.33. The number of hydrogen-bond donors (Lipinski definition) is 1. The zero-order valence-corrected chi connectivity index (χ0v) is 11.3. The van der Waals surface area contributed by atoms with Crippen molar-refractivity contribution >= 4 is 17.2 Å². The first-order valence-electron chi connectivity index (χ1n) is 6.24. The number of nitrogens with one attached hydrogen (secondary N) is 1. The highest BCUT2D eigenvalue weighted by Crippen LogP contribution is 2.29. The standard InChI is InChI=1S/C15H16N2S/c1-11-12(10-15-16-7-8-17-15)4-2-5-13(11)14-6-3-9-18-14/h2-6,9H,7-8,10H2,1H3,(H,16,17). The van der Waals surface area contributed by atoms with Gasteiger partial charge in [0.15, 0.2) is 0 Å². The highest BCUT2D eigenvalue weighted by atomic mass is 32.1. The molecule has 0 fully saturated rings. The van der Waals surface area contributed by atoms with Crippen molar-refractivity contribution in [3.63, 3.8) is 0 Å². The maximum Gasteiger partial charge on any atom is 0.101 e. The van der Waals surface area contributed by atoms with E-state index in [1.165, 1.54) is 21.6 Å². The van der Waals surface area contributed by atoms with Crippen LogP contribution in [0, 0.1) is 6.92 Å². The maximum absolute atomic E-state index is 4.47. The summed E-state index contributed by atoms with van der Waals surface area (Å²) in [5.41, 5.74) is 4.09. The Morgan fingerprint density at radius 1 is 1.28 bits per heavy atom. The van der Waals surface area contributed by atoms with E-state index in [2.05, 4.69) is 52.9 Å². The fraction of sp³-hybridized carbons (Fsp3) is 0.267. The van der Waals surface area contributed by atoms with Gasteiger partial charge in [-0.25, -0.2) is 0 Å². The lowest BCUT2D eigenvalue weighted by atomic mass is 9.99. The van der Waals surface area contributed by atoms with Crippen LogP contribution < -0.4 is 5.32 Å². The van der Waals surface area contributed by atoms with Gasteiger partial charge >= 0.3 is 0 Å². The summed E-state index contributed by atoms with van der Waals surface area (Å²) in [7, 11) is 0. The van der Waals surface area contributed by atoms with Gasteiger partial charge in [0, 0.05) is 17.8 Å². The SMILES string of the molecule is Cc1c(CC2=NCCN2)cccc1-c1cccs1. The average Bonchev–Trinajstić information content (AvgIpc) is 3.04. The number of hydrogen-bond acceptors (Lipinski definition) is 3. The molecule has 0 bridgehead atoms. The molecule has 3 rings (SSSR count). The van der Waals surface area contributed by atoms with Crippen LogP contribution in [0.3, 0.4) is 0 Å². The molecular weight excluding hydrogens is 240 g/mol. The van der Waals surface area contributed by atoms with E-state index in [-0.39, 0.29) is 0 Å². The van der Waals surface area contributed by atoms with Crippen molar-refractivity contribution in [3.05, 3.63) is 46.8 Å². The summed E-state index contributed by atoms with van der Waals surface area (Å²) in [6.07, 6.45) is 0.922. The van der Waals surface area contributed by atoms with Gasteiger partial charge in [-0.05, 0) is 35.1 Å². The topological polar surface area (TPSA) is 24.4 Å². The third kappa shape index (κ3) is 2.18. The first kappa shape index (κ1) is 11.5. The van der Waals surface area contributed by atoms with Crippen LogP contribution in [-0.2, 0) is 6.42 Å². The fourth-order valence-electron chi connectivity index (χ4n) is 2.32. The number of rotatable bonds is 3. The smallest absolute Gasteiger partial charge is 0.101 e. The molecule has 0 saturated carbocycles. The minimum atomic E-state index is 0.916. The Labute approximate surface area is 111 Å². The maximum atomic E-state index is 4.47. The molecule has 0 saturated heterocycles. The summed E-state index contributed by atoms with van der Waals surface area (Å²) < 4.78 is 0. The molecule has 3 heteroatoms. The summed E-state index contributed by atoms with van der Waals surface area (Å²) in [4.78, 5) is 5.82. The second-order valence-corrected chi connectivity index (χ2v) is 5.45. The quantitative estimate of drug-likeness (QED) is 0.895. The third-order valence-corrected chi connectivity index (χ3v) is 4.24. The molecular formula is C15H16N2S. The Hall–Kier alpha value is -1.61. The lowest BCUT2D eigenvalue weighted by molar-refractivity contribution is 0.953. The molecule has 0 atom stereocenters. The van der Waals surface area contributed by atoms with E-state index >= 15 is 0 Å². The van der Waals surface area contributed by atoms with Crippen molar-refractivity contribution < 1.29 is 0 Å². The van der Waals surface area contributed by atoms with Crippen LogP contribution in [0.4, 0.5) is 0 Å². The molecule has 1 N–H and O–H groups in total. The first-order chi connectivity index (χ1) is 8.84. The second kappa shape index (κ2) is 4.94. The van der Waals surface area contributed by atoms with E-state index in [0.717, 1.165) is 25.3 Å². The van der Waals surface area contributed by atoms with Gasteiger partial charge in [-0.15, -0.1) is 11.3 Å². The summed E-state index contributed by atoms with van der Waals surface area (Å²) in [5, 5.41) is 5.47. The lowest BCUT2D eigenvalue weighted by Gasteiger charge is -2.10. The molecule has 18 heavy (non-hydrogen) atoms. The molecule has 1 aromatic heterocycles. The van der Waals surface area contributed by atoms with Gasteiger partial charge in [-0.2, -0.15) is 0 Å². The highest BCUT2D eigenvalue weighted by Gasteiger charge is 2.11. The zero-order valence-electron chi connectivity index (χ0n) is 10.4. The predicted octanol–water partition coefficient (Wildman–Crippen LogP) is 3.27. The zero-order chi connectivity index (χ0) is 12.4. The van der Waals surface area contributed by atoms with Gasteiger partial charge in [-0.3, -0.25) is 4.99 Å². The van der Waals surface area contributed by atoms with E-state index < -0.39 is 0 Å². The van der Waals surface area contributed by atoms with Crippen molar-refractivity contribution in [1.29, 1.82) is 0 Å². The predicted molar refractivity (Wildman–Crippen MR) is 78.5 cm³/mol. The average molecular weight is 256 g/mol. The van der Waals surface area contributed by atoms with Crippen molar-refractivity contribution in [3.8, 4) is 10.4 Å². The Balaban J connectivity index is 1.94. The number of thiophene rings is 1. The van der Waals surface area contributed by atoms with Gasteiger partial charge in [0.25, 0.3) is 0 Å². The van der Waals surface area contributed by atoms with Gasteiger partial charge in [-0.1, -0.05) is 24.3 Å². The Morgan fingerprint density at radius 3 is 2.94 bits per heavy atom. The van der Waals surface area contributed by atoms with Gasteiger partial charge in [0.1, 0.15) is 5.84 Å². The summed E-state index contributed by atoms with van der Waals surface area (Å²) in [6, 6.07) is 10.8. The van der Waals surface area contributed by atoms with E-state index in [4.69, 9.17) is 0 Å². The van der Waals surface area contributed by atoms with Crippen molar-refractivity contribution in [2.24, 2.45) is 4.99 Å². The van der Waals surface area contributed by atoms with Crippen LogP contribution in [0.25, 0.3) is 10.4 Å². The second-order valence-electron chi connectivity index (χ2n) is 4.50. The van der Waals surface area contributed by atoms with Crippen LogP contribution in [0.1, 0.15) is 11.1 Å². The largest absolute Gasteiger partial charge is 0.372 e. The number of benzene rings is 1. The molecule has 0 aliphatic carbocycles. The molecule has 92 valence electrons.